The van der Waals surface area contributed by atoms with Crippen LogP contribution in [0.3, 0.4) is 0 Å². The first-order chi connectivity index (χ1) is 16.3. The Hall–Kier alpha value is -2.20. The molecule has 4 rings (SSSR count). The van der Waals surface area contributed by atoms with Crippen molar-refractivity contribution in [2.45, 2.75) is 36.6 Å². The van der Waals surface area contributed by atoms with Crippen molar-refractivity contribution >= 4 is 54.3 Å². The number of halogens is 1. The molecule has 2 aromatic carbocycles. The highest BCUT2D eigenvalue weighted by Crippen LogP contribution is 2.29. The van der Waals surface area contributed by atoms with E-state index < -0.39 is 9.84 Å². The SMILES string of the molecule is Cn1cc(N2CCCCC2C(=O)CCS(=O)(=O)c2ccc3cc(Cl)ccc3c2)sc1=NCCO. The van der Waals surface area contributed by atoms with E-state index >= 15 is 0 Å². The Balaban J connectivity index is 1.49. The lowest BCUT2D eigenvalue weighted by atomic mass is 9.97. The second kappa shape index (κ2) is 10.6. The van der Waals surface area contributed by atoms with Crippen LogP contribution in [0.1, 0.15) is 25.7 Å². The molecular formula is C24H28ClN3O4S2. The van der Waals surface area contributed by atoms with Crippen LogP contribution >= 0.6 is 22.9 Å². The van der Waals surface area contributed by atoms with Gasteiger partial charge in [-0.05, 0) is 54.3 Å². The zero-order valence-corrected chi connectivity index (χ0v) is 21.4. The summed E-state index contributed by atoms with van der Waals surface area (Å²) in [6, 6.07) is 9.94. The number of thiazole rings is 1. The van der Waals surface area contributed by atoms with Crippen molar-refractivity contribution in [1.29, 1.82) is 0 Å². The van der Waals surface area contributed by atoms with Crippen LogP contribution in [0.5, 0.6) is 0 Å². The zero-order chi connectivity index (χ0) is 24.3. The third-order valence-electron chi connectivity index (χ3n) is 6.06. The summed E-state index contributed by atoms with van der Waals surface area (Å²) in [6.07, 6.45) is 4.55. The van der Waals surface area contributed by atoms with Gasteiger partial charge in [0, 0.05) is 31.2 Å². The van der Waals surface area contributed by atoms with Gasteiger partial charge in [0.25, 0.3) is 0 Å². The number of aromatic nitrogens is 1. The van der Waals surface area contributed by atoms with Crippen LogP contribution in [-0.4, -0.2) is 55.4 Å². The van der Waals surface area contributed by atoms with Crippen molar-refractivity contribution in [3.8, 4) is 0 Å². The summed E-state index contributed by atoms with van der Waals surface area (Å²) in [5, 5.41) is 12.3. The number of ketones is 1. The van der Waals surface area contributed by atoms with Gasteiger partial charge >= 0.3 is 0 Å². The number of anilines is 1. The highest BCUT2D eigenvalue weighted by Gasteiger charge is 2.31. The van der Waals surface area contributed by atoms with Crippen LogP contribution in [0.2, 0.25) is 5.02 Å². The summed E-state index contributed by atoms with van der Waals surface area (Å²) in [6.45, 7) is 1.06. The fraction of sp³-hybridized carbons (Fsp3) is 0.417. The van der Waals surface area contributed by atoms with Gasteiger partial charge in [-0.2, -0.15) is 0 Å². The number of aliphatic hydroxyl groups is 1. The largest absolute Gasteiger partial charge is 0.394 e. The molecule has 10 heteroatoms. The highest BCUT2D eigenvalue weighted by molar-refractivity contribution is 7.91. The molecule has 34 heavy (non-hydrogen) atoms. The first kappa shape index (κ1) is 24.9. The molecule has 0 aliphatic carbocycles. The number of rotatable bonds is 8. The van der Waals surface area contributed by atoms with Crippen molar-refractivity contribution in [2.75, 3.05) is 30.3 Å². The molecule has 1 fully saturated rings. The van der Waals surface area contributed by atoms with Crippen molar-refractivity contribution in [3.05, 3.63) is 52.4 Å². The fourth-order valence-corrected chi connectivity index (χ4v) is 6.83. The lowest BCUT2D eigenvalue weighted by molar-refractivity contribution is -0.120. The van der Waals surface area contributed by atoms with Gasteiger partial charge in [-0.25, -0.2) is 8.42 Å². The van der Waals surface area contributed by atoms with E-state index in [9.17, 15) is 13.2 Å². The Morgan fingerprint density at radius 1 is 1.21 bits per heavy atom. The number of piperidine rings is 1. The highest BCUT2D eigenvalue weighted by atomic mass is 35.5. The first-order valence-electron chi connectivity index (χ1n) is 11.3. The quantitative estimate of drug-likeness (QED) is 0.489. The number of Topliss-reactive ketones (excluding diaryl/α,β-unsaturated/α-hetero) is 1. The minimum absolute atomic E-state index is 0.0164. The van der Waals surface area contributed by atoms with Crippen LogP contribution in [0, 0.1) is 0 Å². The molecule has 0 radical (unpaired) electrons. The third-order valence-corrected chi connectivity index (χ3v) is 9.15. The number of benzene rings is 2. The van der Waals surface area contributed by atoms with Crippen LogP contribution < -0.4 is 9.70 Å². The zero-order valence-electron chi connectivity index (χ0n) is 19.0. The number of nitrogens with zero attached hydrogens (tertiary/aromatic N) is 3. The number of hydrogen-bond acceptors (Lipinski definition) is 7. The number of carbonyl (C=O) groups is 1. The Morgan fingerprint density at radius 2 is 1.97 bits per heavy atom. The molecule has 0 bridgehead atoms. The summed E-state index contributed by atoms with van der Waals surface area (Å²) in [5.74, 6) is -0.273. The minimum atomic E-state index is -3.60. The maximum absolute atomic E-state index is 13.2. The molecule has 0 amide bonds. The van der Waals surface area contributed by atoms with Crippen molar-refractivity contribution < 1.29 is 18.3 Å². The molecule has 1 unspecified atom stereocenters. The van der Waals surface area contributed by atoms with Gasteiger partial charge in [-0.1, -0.05) is 35.1 Å². The van der Waals surface area contributed by atoms with E-state index in [1.807, 2.05) is 17.8 Å². The Bertz CT molecular complexity index is 1360. The average Bonchev–Trinajstić information content (AvgIpc) is 3.21. The molecule has 1 aliphatic rings. The maximum atomic E-state index is 13.2. The summed E-state index contributed by atoms with van der Waals surface area (Å²) in [5.41, 5.74) is 0. The van der Waals surface area contributed by atoms with Gasteiger partial charge in [0.1, 0.15) is 5.00 Å². The minimum Gasteiger partial charge on any atom is -0.394 e. The summed E-state index contributed by atoms with van der Waals surface area (Å²) in [7, 11) is -1.71. The predicted molar refractivity (Wildman–Crippen MR) is 136 cm³/mol. The van der Waals surface area contributed by atoms with Crippen LogP contribution in [-0.2, 0) is 21.7 Å². The molecule has 0 spiro atoms. The molecule has 0 saturated carbocycles. The molecule has 1 N–H and O–H groups in total. The van der Waals surface area contributed by atoms with E-state index in [0.717, 1.165) is 40.0 Å². The molecule has 3 aromatic rings. The maximum Gasteiger partial charge on any atom is 0.186 e. The fourth-order valence-electron chi connectivity index (χ4n) is 4.27. The first-order valence-corrected chi connectivity index (χ1v) is 14.1. The van der Waals surface area contributed by atoms with Gasteiger partial charge in [-0.15, -0.1) is 0 Å². The van der Waals surface area contributed by atoms with E-state index in [1.165, 1.54) is 11.3 Å². The van der Waals surface area contributed by atoms with E-state index in [-0.39, 0.29) is 35.5 Å². The van der Waals surface area contributed by atoms with E-state index in [0.29, 0.717) is 18.0 Å². The summed E-state index contributed by atoms with van der Waals surface area (Å²) in [4.78, 5) is 20.6. The van der Waals surface area contributed by atoms with Gasteiger partial charge in [0.05, 0.1) is 29.8 Å². The van der Waals surface area contributed by atoms with Crippen molar-refractivity contribution in [2.24, 2.45) is 12.0 Å². The van der Waals surface area contributed by atoms with Crippen molar-refractivity contribution in [1.82, 2.24) is 4.57 Å². The lowest BCUT2D eigenvalue weighted by Crippen LogP contribution is -2.45. The van der Waals surface area contributed by atoms with Crippen molar-refractivity contribution in [3.63, 3.8) is 0 Å². The Labute approximate surface area is 208 Å². The second-order valence-corrected chi connectivity index (χ2v) is 12.0. The molecule has 182 valence electrons. The standard InChI is InChI=1S/C24H28ClN3O4S2/c1-27-16-23(33-24(27)26-10-12-29)28-11-3-2-4-21(28)22(30)9-13-34(31,32)20-8-6-17-14-19(25)7-5-18(17)15-20/h5-8,14-16,21,29H,2-4,9-13H2,1H3. The number of aryl methyl sites for hydroxylation is 1. The molecule has 1 saturated heterocycles. The van der Waals surface area contributed by atoms with Gasteiger partial charge in [0.15, 0.2) is 20.4 Å². The molecule has 7 nitrogen and oxygen atoms in total. The number of aliphatic hydroxyl groups excluding tert-OH is 1. The Kier molecular flexibility index (Phi) is 7.77. The molecule has 1 aliphatic heterocycles. The average molecular weight is 522 g/mol. The van der Waals surface area contributed by atoms with E-state index in [2.05, 4.69) is 9.89 Å². The molecular weight excluding hydrogens is 494 g/mol. The topological polar surface area (TPSA) is 92.0 Å². The van der Waals surface area contributed by atoms with Crippen LogP contribution in [0.4, 0.5) is 5.00 Å². The van der Waals surface area contributed by atoms with Gasteiger partial charge < -0.3 is 14.6 Å². The third kappa shape index (κ3) is 5.54. The lowest BCUT2D eigenvalue weighted by Gasteiger charge is -2.35. The number of fused-ring (bicyclic) bond motifs is 1. The number of carbonyl (C=O) groups excluding carboxylic acids is 1. The monoisotopic (exact) mass is 521 g/mol. The second-order valence-electron chi connectivity index (χ2n) is 8.46. The molecule has 2 heterocycles. The van der Waals surface area contributed by atoms with E-state index in [1.54, 1.807) is 36.4 Å². The summed E-state index contributed by atoms with van der Waals surface area (Å²) >= 11 is 7.50. The van der Waals surface area contributed by atoms with Gasteiger partial charge in [0.2, 0.25) is 0 Å². The summed E-state index contributed by atoms with van der Waals surface area (Å²) < 4.78 is 27.9. The number of hydrogen-bond donors (Lipinski definition) is 1. The normalized spacial score (nSPS) is 17.4. The molecule has 1 aromatic heterocycles. The molecule has 1 atom stereocenters. The Morgan fingerprint density at radius 3 is 2.76 bits per heavy atom. The van der Waals surface area contributed by atoms with Crippen LogP contribution in [0.25, 0.3) is 10.8 Å². The van der Waals surface area contributed by atoms with E-state index in [4.69, 9.17) is 16.7 Å². The predicted octanol–water partition coefficient (Wildman–Crippen LogP) is 3.58. The smallest absolute Gasteiger partial charge is 0.186 e. The number of sulfone groups is 1. The van der Waals surface area contributed by atoms with Crippen LogP contribution in [0.15, 0.2) is 52.5 Å². The van der Waals surface area contributed by atoms with Gasteiger partial charge in [-0.3, -0.25) is 9.79 Å².